The predicted octanol–water partition coefficient (Wildman–Crippen LogP) is 1.78. The highest BCUT2D eigenvalue weighted by atomic mass is 16.2. The average Bonchev–Trinajstić information content (AvgIpc) is 2.52. The minimum absolute atomic E-state index is 0.0158. The van der Waals surface area contributed by atoms with Crippen LogP contribution in [0.25, 0.3) is 0 Å². The summed E-state index contributed by atoms with van der Waals surface area (Å²) < 4.78 is 0. The quantitative estimate of drug-likeness (QED) is 0.877. The predicted molar refractivity (Wildman–Crippen MR) is 81.6 cm³/mol. The minimum Gasteiger partial charge on any atom is -0.334 e. The number of nitrogens with two attached hydrogens (primary N) is 1. The molecule has 5 nitrogen and oxygen atoms in total. The van der Waals surface area contributed by atoms with Crippen molar-refractivity contribution in [2.24, 2.45) is 5.73 Å². The zero-order valence-corrected chi connectivity index (χ0v) is 12.2. The van der Waals surface area contributed by atoms with E-state index in [2.05, 4.69) is 9.97 Å². The molecule has 0 saturated heterocycles. The average molecular weight is 284 g/mol. The SMILES string of the molecule is Cc1ncccc1C(=O)N(CCCN)Cc1cccnc1. The summed E-state index contributed by atoms with van der Waals surface area (Å²) in [5.41, 5.74) is 7.96. The van der Waals surface area contributed by atoms with Crippen molar-refractivity contribution in [1.82, 2.24) is 14.9 Å². The van der Waals surface area contributed by atoms with Crippen LogP contribution in [-0.2, 0) is 6.54 Å². The smallest absolute Gasteiger partial charge is 0.255 e. The normalized spacial score (nSPS) is 10.4. The Balaban J connectivity index is 2.19. The molecule has 0 aliphatic rings. The van der Waals surface area contributed by atoms with Crippen LogP contribution in [0.15, 0.2) is 42.9 Å². The monoisotopic (exact) mass is 284 g/mol. The van der Waals surface area contributed by atoms with Crippen LogP contribution in [0, 0.1) is 6.92 Å². The summed E-state index contributed by atoms with van der Waals surface area (Å²) >= 11 is 0. The first-order valence-electron chi connectivity index (χ1n) is 7.02. The third kappa shape index (κ3) is 4.10. The van der Waals surface area contributed by atoms with Crippen molar-refractivity contribution in [2.75, 3.05) is 13.1 Å². The van der Waals surface area contributed by atoms with Gasteiger partial charge in [-0.3, -0.25) is 14.8 Å². The van der Waals surface area contributed by atoms with Gasteiger partial charge in [-0.1, -0.05) is 6.07 Å². The molecule has 0 aliphatic carbocycles. The number of nitrogens with zero attached hydrogens (tertiary/aromatic N) is 3. The van der Waals surface area contributed by atoms with Gasteiger partial charge in [0, 0.05) is 37.4 Å². The summed E-state index contributed by atoms with van der Waals surface area (Å²) in [6.07, 6.45) is 5.96. The summed E-state index contributed by atoms with van der Waals surface area (Å²) in [5, 5.41) is 0. The van der Waals surface area contributed by atoms with Crippen LogP contribution in [0.4, 0.5) is 0 Å². The molecule has 2 N–H and O–H groups in total. The summed E-state index contributed by atoms with van der Waals surface area (Å²) in [7, 11) is 0. The fraction of sp³-hybridized carbons (Fsp3) is 0.312. The molecule has 2 rings (SSSR count). The molecule has 0 unspecified atom stereocenters. The molecular weight excluding hydrogens is 264 g/mol. The van der Waals surface area contributed by atoms with Crippen LogP contribution in [0.1, 0.15) is 28.0 Å². The highest BCUT2D eigenvalue weighted by molar-refractivity contribution is 5.95. The van der Waals surface area contributed by atoms with Gasteiger partial charge in [-0.15, -0.1) is 0 Å². The first-order valence-corrected chi connectivity index (χ1v) is 7.02. The van der Waals surface area contributed by atoms with E-state index in [9.17, 15) is 4.79 Å². The molecule has 0 atom stereocenters. The maximum Gasteiger partial charge on any atom is 0.255 e. The van der Waals surface area contributed by atoms with Crippen molar-refractivity contribution in [1.29, 1.82) is 0 Å². The van der Waals surface area contributed by atoms with E-state index in [4.69, 9.17) is 5.73 Å². The first kappa shape index (κ1) is 15.1. The topological polar surface area (TPSA) is 72.1 Å². The van der Waals surface area contributed by atoms with E-state index < -0.39 is 0 Å². The third-order valence-electron chi connectivity index (χ3n) is 3.25. The lowest BCUT2D eigenvalue weighted by atomic mass is 10.1. The lowest BCUT2D eigenvalue weighted by Crippen LogP contribution is -2.33. The summed E-state index contributed by atoms with van der Waals surface area (Å²) in [6, 6.07) is 7.43. The van der Waals surface area contributed by atoms with Crippen LogP contribution in [0.5, 0.6) is 0 Å². The van der Waals surface area contributed by atoms with Crippen LogP contribution < -0.4 is 5.73 Å². The Morgan fingerprint density at radius 2 is 2.10 bits per heavy atom. The number of aryl methyl sites for hydroxylation is 1. The highest BCUT2D eigenvalue weighted by Crippen LogP contribution is 2.12. The van der Waals surface area contributed by atoms with E-state index in [0.29, 0.717) is 25.2 Å². The molecule has 110 valence electrons. The van der Waals surface area contributed by atoms with E-state index in [-0.39, 0.29) is 5.91 Å². The summed E-state index contributed by atoms with van der Waals surface area (Å²) in [4.78, 5) is 22.8. The zero-order chi connectivity index (χ0) is 15.1. The number of rotatable bonds is 6. The maximum absolute atomic E-state index is 12.7. The summed E-state index contributed by atoms with van der Waals surface area (Å²) in [6.45, 7) is 3.56. The Labute approximate surface area is 124 Å². The Bertz CT molecular complexity index is 586. The Morgan fingerprint density at radius 3 is 2.76 bits per heavy atom. The lowest BCUT2D eigenvalue weighted by Gasteiger charge is -2.23. The van der Waals surface area contributed by atoms with Gasteiger partial charge in [0.25, 0.3) is 5.91 Å². The van der Waals surface area contributed by atoms with Crippen molar-refractivity contribution in [3.05, 3.63) is 59.7 Å². The fourth-order valence-corrected chi connectivity index (χ4v) is 2.13. The van der Waals surface area contributed by atoms with E-state index in [1.807, 2.05) is 25.1 Å². The second-order valence-electron chi connectivity index (χ2n) is 4.87. The molecule has 0 bridgehead atoms. The van der Waals surface area contributed by atoms with Crippen LogP contribution in [0.3, 0.4) is 0 Å². The molecular formula is C16H20N4O. The van der Waals surface area contributed by atoms with E-state index in [1.54, 1.807) is 29.6 Å². The second kappa shape index (κ2) is 7.50. The fourth-order valence-electron chi connectivity index (χ4n) is 2.13. The molecule has 2 heterocycles. The third-order valence-corrected chi connectivity index (χ3v) is 3.25. The van der Waals surface area contributed by atoms with E-state index >= 15 is 0 Å². The number of carbonyl (C=O) groups excluding carboxylic acids is 1. The number of pyridine rings is 2. The molecule has 0 spiro atoms. The van der Waals surface area contributed by atoms with Crippen molar-refractivity contribution in [3.8, 4) is 0 Å². The van der Waals surface area contributed by atoms with E-state index in [1.165, 1.54) is 0 Å². The number of hydrogen-bond donors (Lipinski definition) is 1. The van der Waals surface area contributed by atoms with Crippen LogP contribution >= 0.6 is 0 Å². The molecule has 2 aromatic heterocycles. The molecule has 0 aliphatic heterocycles. The molecule has 0 saturated carbocycles. The van der Waals surface area contributed by atoms with Crippen molar-refractivity contribution < 1.29 is 4.79 Å². The van der Waals surface area contributed by atoms with Gasteiger partial charge in [0.15, 0.2) is 0 Å². The van der Waals surface area contributed by atoms with Gasteiger partial charge >= 0.3 is 0 Å². The molecule has 0 radical (unpaired) electrons. The maximum atomic E-state index is 12.7. The second-order valence-corrected chi connectivity index (χ2v) is 4.87. The van der Waals surface area contributed by atoms with Gasteiger partial charge in [0.1, 0.15) is 0 Å². The number of carbonyl (C=O) groups is 1. The van der Waals surface area contributed by atoms with Gasteiger partial charge < -0.3 is 10.6 Å². The highest BCUT2D eigenvalue weighted by Gasteiger charge is 2.17. The Morgan fingerprint density at radius 1 is 1.29 bits per heavy atom. The van der Waals surface area contributed by atoms with Gasteiger partial charge in [-0.25, -0.2) is 0 Å². The zero-order valence-electron chi connectivity index (χ0n) is 12.2. The number of amides is 1. The summed E-state index contributed by atoms with van der Waals surface area (Å²) in [5.74, 6) is -0.0158. The van der Waals surface area contributed by atoms with Gasteiger partial charge in [0.05, 0.1) is 5.56 Å². The molecule has 5 heteroatoms. The largest absolute Gasteiger partial charge is 0.334 e. The van der Waals surface area contributed by atoms with Crippen LogP contribution in [-0.4, -0.2) is 33.9 Å². The van der Waals surface area contributed by atoms with Crippen LogP contribution in [0.2, 0.25) is 0 Å². The molecule has 2 aromatic rings. The molecule has 0 aromatic carbocycles. The molecule has 0 fully saturated rings. The Kier molecular flexibility index (Phi) is 5.40. The van der Waals surface area contributed by atoms with Crippen molar-refractivity contribution in [2.45, 2.75) is 19.9 Å². The van der Waals surface area contributed by atoms with Crippen molar-refractivity contribution in [3.63, 3.8) is 0 Å². The Hall–Kier alpha value is -2.27. The lowest BCUT2D eigenvalue weighted by molar-refractivity contribution is 0.0741. The first-order chi connectivity index (χ1) is 10.2. The standard InChI is InChI=1S/C16H20N4O/c1-13-15(6-3-9-19-13)16(21)20(10-4-7-17)12-14-5-2-8-18-11-14/h2-3,5-6,8-9,11H,4,7,10,12,17H2,1H3. The van der Waals surface area contributed by atoms with Crippen molar-refractivity contribution >= 4 is 5.91 Å². The van der Waals surface area contributed by atoms with Gasteiger partial charge in [-0.05, 0) is 43.7 Å². The minimum atomic E-state index is -0.0158. The van der Waals surface area contributed by atoms with E-state index in [0.717, 1.165) is 17.7 Å². The number of hydrogen-bond acceptors (Lipinski definition) is 4. The molecule has 21 heavy (non-hydrogen) atoms. The number of aromatic nitrogens is 2. The van der Waals surface area contributed by atoms with Gasteiger partial charge in [0.2, 0.25) is 0 Å². The molecule has 1 amide bonds. The van der Waals surface area contributed by atoms with Gasteiger partial charge in [-0.2, -0.15) is 0 Å².